The first kappa shape index (κ1) is 15.4. The van der Waals surface area contributed by atoms with Gasteiger partial charge in [-0.2, -0.15) is 0 Å². The van der Waals surface area contributed by atoms with Gasteiger partial charge < -0.3 is 10.6 Å². The van der Waals surface area contributed by atoms with E-state index in [-0.39, 0.29) is 11.9 Å². The van der Waals surface area contributed by atoms with E-state index < -0.39 is 0 Å². The molecule has 2 aliphatic rings. The average Bonchev–Trinajstić information content (AvgIpc) is 3.08. The summed E-state index contributed by atoms with van der Waals surface area (Å²) in [6.45, 7) is 3.83. The van der Waals surface area contributed by atoms with Gasteiger partial charge in [-0.15, -0.1) is 0 Å². The number of fused-ring (bicyclic) bond motifs is 2. The zero-order valence-electron chi connectivity index (χ0n) is 14.2. The van der Waals surface area contributed by atoms with E-state index in [9.17, 15) is 4.79 Å². The molecule has 1 amide bonds. The van der Waals surface area contributed by atoms with Crippen molar-refractivity contribution in [2.75, 3.05) is 0 Å². The van der Waals surface area contributed by atoms with E-state index in [1.54, 1.807) is 0 Å². The Bertz CT molecular complexity index is 781. The van der Waals surface area contributed by atoms with Crippen LogP contribution in [-0.4, -0.2) is 5.91 Å². The third kappa shape index (κ3) is 2.96. The molecule has 2 N–H and O–H groups in total. The fraction of sp³-hybridized carbons (Fsp3) is 0.381. The first-order valence-corrected chi connectivity index (χ1v) is 8.96. The monoisotopic (exact) mass is 320 g/mol. The number of rotatable bonds is 3. The van der Waals surface area contributed by atoms with Crippen molar-refractivity contribution in [2.24, 2.45) is 0 Å². The number of hydrogen-bond acceptors (Lipinski definition) is 2. The van der Waals surface area contributed by atoms with Gasteiger partial charge in [-0.3, -0.25) is 4.79 Å². The van der Waals surface area contributed by atoms with E-state index in [1.807, 2.05) is 12.1 Å². The van der Waals surface area contributed by atoms with Gasteiger partial charge in [-0.25, -0.2) is 0 Å². The van der Waals surface area contributed by atoms with Crippen LogP contribution in [0.4, 0.5) is 0 Å². The molecular weight excluding hydrogens is 296 g/mol. The fourth-order valence-electron chi connectivity index (χ4n) is 3.82. The number of aryl methyl sites for hydroxylation is 2. The summed E-state index contributed by atoms with van der Waals surface area (Å²) >= 11 is 0. The zero-order valence-corrected chi connectivity index (χ0v) is 14.2. The van der Waals surface area contributed by atoms with Crippen LogP contribution in [0.15, 0.2) is 36.4 Å². The maximum atomic E-state index is 12.6. The third-order valence-electron chi connectivity index (χ3n) is 5.32. The van der Waals surface area contributed by atoms with Crippen LogP contribution in [-0.2, 0) is 25.9 Å². The number of amides is 1. The van der Waals surface area contributed by atoms with E-state index >= 15 is 0 Å². The lowest BCUT2D eigenvalue weighted by atomic mass is 9.89. The standard InChI is InChI=1S/C21H24N2O/c1-14(16-7-6-15-4-2-3-5-17(15)10-16)23-21(24)18-8-9-19-12-22-13-20(19)11-18/h6-11,14,22H,2-5,12-13H2,1H3,(H,23,24). The van der Waals surface area contributed by atoms with Crippen molar-refractivity contribution < 1.29 is 4.79 Å². The summed E-state index contributed by atoms with van der Waals surface area (Å²) < 4.78 is 0. The summed E-state index contributed by atoms with van der Waals surface area (Å²) in [5.41, 5.74) is 7.44. The Kier molecular flexibility index (Phi) is 4.11. The van der Waals surface area contributed by atoms with Crippen LogP contribution in [0.2, 0.25) is 0 Å². The highest BCUT2D eigenvalue weighted by atomic mass is 16.1. The highest BCUT2D eigenvalue weighted by Crippen LogP contribution is 2.25. The second kappa shape index (κ2) is 6.40. The van der Waals surface area contributed by atoms with E-state index in [1.165, 1.54) is 53.5 Å². The summed E-state index contributed by atoms with van der Waals surface area (Å²) in [7, 11) is 0. The molecule has 4 rings (SSSR count). The molecule has 0 saturated carbocycles. The van der Waals surface area contributed by atoms with Crippen LogP contribution >= 0.6 is 0 Å². The first-order valence-electron chi connectivity index (χ1n) is 8.96. The second-order valence-electron chi connectivity index (χ2n) is 7.02. The molecule has 1 aliphatic carbocycles. The van der Waals surface area contributed by atoms with Gasteiger partial charge in [0.1, 0.15) is 0 Å². The quantitative estimate of drug-likeness (QED) is 0.906. The lowest BCUT2D eigenvalue weighted by Crippen LogP contribution is -2.27. The molecule has 0 aromatic heterocycles. The lowest BCUT2D eigenvalue weighted by Gasteiger charge is -2.20. The van der Waals surface area contributed by atoms with E-state index in [0.29, 0.717) is 0 Å². The minimum atomic E-state index is 0.00919. The molecule has 1 heterocycles. The minimum absolute atomic E-state index is 0.00919. The van der Waals surface area contributed by atoms with E-state index in [4.69, 9.17) is 0 Å². The Hall–Kier alpha value is -2.13. The van der Waals surface area contributed by atoms with Gasteiger partial charge >= 0.3 is 0 Å². The van der Waals surface area contributed by atoms with Crippen LogP contribution in [0.5, 0.6) is 0 Å². The summed E-state index contributed by atoms with van der Waals surface area (Å²) in [6, 6.07) is 12.7. The molecule has 1 aliphatic heterocycles. The molecule has 1 atom stereocenters. The molecule has 0 fully saturated rings. The zero-order chi connectivity index (χ0) is 16.5. The SMILES string of the molecule is CC(NC(=O)c1ccc2c(c1)CNC2)c1ccc2c(c1)CCCC2. The number of carbonyl (C=O) groups is 1. The third-order valence-corrected chi connectivity index (χ3v) is 5.32. The Morgan fingerprint density at radius 1 is 0.958 bits per heavy atom. The van der Waals surface area contributed by atoms with Crippen LogP contribution in [0, 0.1) is 0 Å². The lowest BCUT2D eigenvalue weighted by molar-refractivity contribution is 0.0940. The molecule has 0 spiro atoms. The summed E-state index contributed by atoms with van der Waals surface area (Å²) in [6.07, 6.45) is 4.94. The van der Waals surface area contributed by atoms with Gasteiger partial charge in [0.15, 0.2) is 0 Å². The summed E-state index contributed by atoms with van der Waals surface area (Å²) in [4.78, 5) is 12.6. The van der Waals surface area contributed by atoms with Crippen LogP contribution < -0.4 is 10.6 Å². The van der Waals surface area contributed by atoms with Gasteiger partial charge in [0.05, 0.1) is 6.04 Å². The smallest absolute Gasteiger partial charge is 0.251 e. The number of hydrogen-bond donors (Lipinski definition) is 2. The van der Waals surface area contributed by atoms with Crippen molar-refractivity contribution in [3.63, 3.8) is 0 Å². The molecule has 2 aromatic rings. The maximum Gasteiger partial charge on any atom is 0.251 e. The largest absolute Gasteiger partial charge is 0.346 e. The molecule has 3 nitrogen and oxygen atoms in total. The van der Waals surface area contributed by atoms with Crippen LogP contribution in [0.1, 0.15) is 64.0 Å². The van der Waals surface area contributed by atoms with Gasteiger partial charge in [0, 0.05) is 18.7 Å². The number of nitrogens with one attached hydrogen (secondary N) is 2. The highest BCUT2D eigenvalue weighted by Gasteiger charge is 2.17. The Morgan fingerprint density at radius 3 is 2.58 bits per heavy atom. The predicted molar refractivity (Wildman–Crippen MR) is 96.0 cm³/mol. The Balaban J connectivity index is 1.49. The highest BCUT2D eigenvalue weighted by molar-refractivity contribution is 5.94. The molecule has 124 valence electrons. The van der Waals surface area contributed by atoms with Crippen molar-refractivity contribution in [1.29, 1.82) is 0 Å². The van der Waals surface area contributed by atoms with Crippen molar-refractivity contribution in [3.8, 4) is 0 Å². The molecule has 3 heteroatoms. The van der Waals surface area contributed by atoms with E-state index in [0.717, 1.165) is 18.7 Å². The second-order valence-corrected chi connectivity index (χ2v) is 7.02. The van der Waals surface area contributed by atoms with Gasteiger partial charge in [-0.05, 0) is 72.6 Å². The molecule has 0 radical (unpaired) electrons. The summed E-state index contributed by atoms with van der Waals surface area (Å²) in [5, 5.41) is 6.47. The molecule has 1 unspecified atom stereocenters. The summed E-state index contributed by atoms with van der Waals surface area (Å²) in [5.74, 6) is 0.00919. The topological polar surface area (TPSA) is 41.1 Å². The predicted octanol–water partition coefficient (Wildman–Crippen LogP) is 3.66. The molecular formula is C21H24N2O. The number of carbonyl (C=O) groups excluding carboxylic acids is 1. The van der Waals surface area contributed by atoms with E-state index in [2.05, 4.69) is 41.8 Å². The van der Waals surface area contributed by atoms with Crippen LogP contribution in [0.25, 0.3) is 0 Å². The van der Waals surface area contributed by atoms with Crippen molar-refractivity contribution in [3.05, 3.63) is 69.8 Å². The minimum Gasteiger partial charge on any atom is -0.346 e. The molecule has 0 saturated heterocycles. The fourth-order valence-corrected chi connectivity index (χ4v) is 3.82. The Labute approximate surface area is 143 Å². The van der Waals surface area contributed by atoms with Crippen molar-refractivity contribution in [2.45, 2.75) is 51.7 Å². The molecule has 24 heavy (non-hydrogen) atoms. The number of benzene rings is 2. The Morgan fingerprint density at radius 2 is 1.71 bits per heavy atom. The normalized spacial score (nSPS) is 17.0. The van der Waals surface area contributed by atoms with Crippen LogP contribution in [0.3, 0.4) is 0 Å². The van der Waals surface area contributed by atoms with Crippen molar-refractivity contribution >= 4 is 5.91 Å². The van der Waals surface area contributed by atoms with Gasteiger partial charge in [-0.1, -0.05) is 24.3 Å². The first-order chi connectivity index (χ1) is 11.7. The molecule has 2 aromatic carbocycles. The van der Waals surface area contributed by atoms with Crippen molar-refractivity contribution in [1.82, 2.24) is 10.6 Å². The average molecular weight is 320 g/mol. The molecule has 0 bridgehead atoms. The van der Waals surface area contributed by atoms with Gasteiger partial charge in [0.2, 0.25) is 0 Å². The maximum absolute atomic E-state index is 12.6. The van der Waals surface area contributed by atoms with Gasteiger partial charge in [0.25, 0.3) is 5.91 Å².